The number of benzene rings is 1. The van der Waals surface area contributed by atoms with Crippen LogP contribution in [0.5, 0.6) is 5.75 Å². The predicted molar refractivity (Wildman–Crippen MR) is 45.5 cm³/mol. The van der Waals surface area contributed by atoms with Gasteiger partial charge in [-0.05, 0) is 24.3 Å². The standard InChI is InChI=1S/C10H7NO/c1-12-10-6-4-9(5-7-10)3-2-8-11/h4-7H,1H3. The molecule has 0 N–H and O–H groups in total. The van der Waals surface area contributed by atoms with Crippen molar-refractivity contribution in [2.24, 2.45) is 0 Å². The van der Waals surface area contributed by atoms with Crippen LogP contribution in [0.3, 0.4) is 0 Å². The molecule has 12 heavy (non-hydrogen) atoms. The second-order valence-electron chi connectivity index (χ2n) is 2.09. The molecule has 0 spiro atoms. The van der Waals surface area contributed by atoms with Gasteiger partial charge >= 0.3 is 0 Å². The second-order valence-corrected chi connectivity index (χ2v) is 2.09. The highest BCUT2D eigenvalue weighted by molar-refractivity contribution is 5.40. The van der Waals surface area contributed by atoms with Crippen LogP contribution < -0.4 is 4.74 Å². The fourth-order valence-corrected chi connectivity index (χ4v) is 0.774. The fourth-order valence-electron chi connectivity index (χ4n) is 0.774. The minimum Gasteiger partial charge on any atom is -0.497 e. The topological polar surface area (TPSA) is 33.0 Å². The number of hydrogen-bond donors (Lipinski definition) is 0. The van der Waals surface area contributed by atoms with Gasteiger partial charge in [0.05, 0.1) is 7.11 Å². The first-order valence-electron chi connectivity index (χ1n) is 3.41. The zero-order chi connectivity index (χ0) is 8.81. The van der Waals surface area contributed by atoms with Crippen molar-refractivity contribution in [2.75, 3.05) is 7.11 Å². The monoisotopic (exact) mass is 157 g/mol. The van der Waals surface area contributed by atoms with Crippen LogP contribution in [-0.4, -0.2) is 7.11 Å². The second kappa shape index (κ2) is 4.05. The molecule has 0 atom stereocenters. The Balaban J connectivity index is 2.87. The van der Waals surface area contributed by atoms with Crippen molar-refractivity contribution >= 4 is 0 Å². The third-order valence-electron chi connectivity index (χ3n) is 1.35. The van der Waals surface area contributed by atoms with Gasteiger partial charge in [-0.15, -0.1) is 0 Å². The average Bonchev–Trinajstić information content (AvgIpc) is 2.15. The Labute approximate surface area is 71.4 Å². The molecule has 1 rings (SSSR count). The molecule has 0 aliphatic rings. The van der Waals surface area contributed by atoms with Crippen molar-refractivity contribution < 1.29 is 4.74 Å². The van der Waals surface area contributed by atoms with Crippen LogP contribution in [-0.2, 0) is 0 Å². The molecule has 0 unspecified atom stereocenters. The van der Waals surface area contributed by atoms with Gasteiger partial charge in [-0.1, -0.05) is 5.92 Å². The van der Waals surface area contributed by atoms with Crippen molar-refractivity contribution in [2.45, 2.75) is 0 Å². The Morgan fingerprint density at radius 1 is 1.25 bits per heavy atom. The highest BCUT2D eigenvalue weighted by Crippen LogP contribution is 2.09. The van der Waals surface area contributed by atoms with E-state index < -0.39 is 0 Å². The minimum atomic E-state index is 0.789. The van der Waals surface area contributed by atoms with Crippen LogP contribution in [0, 0.1) is 23.2 Å². The molecule has 0 saturated carbocycles. The minimum absolute atomic E-state index is 0.789. The van der Waals surface area contributed by atoms with Crippen molar-refractivity contribution in [3.05, 3.63) is 29.8 Å². The molecule has 0 saturated heterocycles. The van der Waals surface area contributed by atoms with Gasteiger partial charge in [0.15, 0.2) is 6.07 Å². The number of nitriles is 1. The molecule has 0 fully saturated rings. The Morgan fingerprint density at radius 2 is 1.92 bits per heavy atom. The Kier molecular flexibility index (Phi) is 2.76. The molecular weight excluding hydrogens is 150 g/mol. The van der Waals surface area contributed by atoms with Gasteiger partial charge in [-0.2, -0.15) is 5.26 Å². The van der Waals surface area contributed by atoms with Gasteiger partial charge in [0.25, 0.3) is 0 Å². The van der Waals surface area contributed by atoms with Gasteiger partial charge in [0.1, 0.15) is 5.75 Å². The number of hydrogen-bond acceptors (Lipinski definition) is 2. The maximum absolute atomic E-state index is 8.18. The number of rotatable bonds is 1. The Bertz CT molecular complexity index is 348. The Morgan fingerprint density at radius 3 is 2.42 bits per heavy atom. The van der Waals surface area contributed by atoms with Crippen LogP contribution in [0.4, 0.5) is 0 Å². The summed E-state index contributed by atoms with van der Waals surface area (Å²) in [4.78, 5) is 0. The number of methoxy groups -OCH3 is 1. The van der Waals surface area contributed by atoms with Crippen LogP contribution in [0.2, 0.25) is 0 Å². The van der Waals surface area contributed by atoms with E-state index in [9.17, 15) is 0 Å². The summed E-state index contributed by atoms with van der Waals surface area (Å²) in [6, 6.07) is 8.98. The average molecular weight is 157 g/mol. The highest BCUT2D eigenvalue weighted by Gasteiger charge is 1.88. The number of ether oxygens (including phenoxy) is 1. The third-order valence-corrected chi connectivity index (χ3v) is 1.35. The van der Waals surface area contributed by atoms with E-state index in [0.717, 1.165) is 11.3 Å². The van der Waals surface area contributed by atoms with Gasteiger partial charge in [-0.25, -0.2) is 0 Å². The van der Waals surface area contributed by atoms with E-state index in [0.29, 0.717) is 0 Å². The van der Waals surface area contributed by atoms with Crippen LogP contribution in [0.25, 0.3) is 0 Å². The smallest absolute Gasteiger partial charge is 0.152 e. The van der Waals surface area contributed by atoms with E-state index in [2.05, 4.69) is 11.8 Å². The molecule has 0 bridgehead atoms. The van der Waals surface area contributed by atoms with E-state index in [4.69, 9.17) is 10.00 Å². The maximum Gasteiger partial charge on any atom is 0.152 e. The summed E-state index contributed by atoms with van der Waals surface area (Å²) < 4.78 is 4.96. The fraction of sp³-hybridized carbons (Fsp3) is 0.100. The van der Waals surface area contributed by atoms with E-state index >= 15 is 0 Å². The largest absolute Gasteiger partial charge is 0.497 e. The van der Waals surface area contributed by atoms with E-state index in [1.807, 2.05) is 12.1 Å². The zero-order valence-corrected chi connectivity index (χ0v) is 6.66. The third kappa shape index (κ3) is 2.04. The molecule has 0 aromatic heterocycles. The molecule has 58 valence electrons. The highest BCUT2D eigenvalue weighted by atomic mass is 16.5. The lowest BCUT2D eigenvalue weighted by atomic mass is 10.2. The molecule has 1 aromatic carbocycles. The van der Waals surface area contributed by atoms with E-state index in [-0.39, 0.29) is 0 Å². The summed E-state index contributed by atoms with van der Waals surface area (Å²) in [5, 5.41) is 8.18. The van der Waals surface area contributed by atoms with Gasteiger partial charge in [0.2, 0.25) is 0 Å². The normalized spacial score (nSPS) is 7.67. The SMILES string of the molecule is COc1ccc(C#CC#N)cc1. The van der Waals surface area contributed by atoms with Crippen LogP contribution in [0.1, 0.15) is 5.56 Å². The van der Waals surface area contributed by atoms with E-state index in [1.54, 1.807) is 25.3 Å². The van der Waals surface area contributed by atoms with Crippen molar-refractivity contribution in [3.8, 4) is 23.7 Å². The van der Waals surface area contributed by atoms with Crippen LogP contribution >= 0.6 is 0 Å². The van der Waals surface area contributed by atoms with Crippen LogP contribution in [0.15, 0.2) is 24.3 Å². The first kappa shape index (κ1) is 8.17. The summed E-state index contributed by atoms with van der Waals surface area (Å²) in [5.41, 5.74) is 0.817. The van der Waals surface area contributed by atoms with Crippen molar-refractivity contribution in [1.82, 2.24) is 0 Å². The summed E-state index contributed by atoms with van der Waals surface area (Å²) in [5.74, 6) is 5.79. The molecule has 0 amide bonds. The summed E-state index contributed by atoms with van der Waals surface area (Å²) >= 11 is 0. The molecule has 1 aromatic rings. The first-order chi connectivity index (χ1) is 5.86. The molecular formula is C10H7NO. The quantitative estimate of drug-likeness (QED) is 0.580. The van der Waals surface area contributed by atoms with E-state index in [1.165, 1.54) is 0 Å². The summed E-state index contributed by atoms with van der Waals surface area (Å²) in [6.07, 6.45) is 0. The Hall–Kier alpha value is -1.93. The summed E-state index contributed by atoms with van der Waals surface area (Å²) in [6.45, 7) is 0. The molecule has 2 nitrogen and oxygen atoms in total. The van der Waals surface area contributed by atoms with Gasteiger partial charge in [0, 0.05) is 11.5 Å². The molecule has 0 aliphatic heterocycles. The lowest BCUT2D eigenvalue weighted by Gasteiger charge is -1.96. The molecule has 0 aliphatic carbocycles. The number of nitrogens with zero attached hydrogens (tertiary/aromatic N) is 1. The lowest BCUT2D eigenvalue weighted by Crippen LogP contribution is -1.81. The predicted octanol–water partition coefficient (Wildman–Crippen LogP) is 1.57. The molecule has 2 heteroatoms. The zero-order valence-electron chi connectivity index (χ0n) is 6.66. The molecule has 0 radical (unpaired) electrons. The van der Waals surface area contributed by atoms with Gasteiger partial charge in [-0.3, -0.25) is 0 Å². The maximum atomic E-state index is 8.18. The van der Waals surface area contributed by atoms with Crippen molar-refractivity contribution in [1.29, 1.82) is 5.26 Å². The van der Waals surface area contributed by atoms with Crippen molar-refractivity contribution in [3.63, 3.8) is 0 Å². The molecule has 0 heterocycles. The van der Waals surface area contributed by atoms with Gasteiger partial charge < -0.3 is 4.74 Å². The summed E-state index contributed by atoms with van der Waals surface area (Å²) in [7, 11) is 1.61. The first-order valence-corrected chi connectivity index (χ1v) is 3.41. The lowest BCUT2D eigenvalue weighted by molar-refractivity contribution is 0.415.